The van der Waals surface area contributed by atoms with Crippen LogP contribution in [0.3, 0.4) is 0 Å². The fraction of sp³-hybridized carbons (Fsp3) is 0.652. The average Bonchev–Trinajstić information content (AvgIpc) is 2.78. The van der Waals surface area contributed by atoms with Crippen molar-refractivity contribution >= 4 is 22.0 Å². The van der Waals surface area contributed by atoms with E-state index in [1.165, 1.54) is 23.5 Å². The summed E-state index contributed by atoms with van der Waals surface area (Å²) in [5.74, 6) is 0.0681. The first-order chi connectivity index (χ1) is 15.5. The summed E-state index contributed by atoms with van der Waals surface area (Å²) in [6, 6.07) is 6.24. The first-order valence-electron chi connectivity index (χ1n) is 11.4. The van der Waals surface area contributed by atoms with Crippen molar-refractivity contribution in [2.75, 3.05) is 33.3 Å². The Labute approximate surface area is 196 Å². The molecule has 0 spiro atoms. The smallest absolute Gasteiger partial charge is 0.410 e. The van der Waals surface area contributed by atoms with E-state index in [1.54, 1.807) is 17.0 Å². The minimum absolute atomic E-state index is 0.0373. The van der Waals surface area contributed by atoms with Crippen LogP contribution in [0.1, 0.15) is 46.5 Å². The molecule has 0 saturated carbocycles. The van der Waals surface area contributed by atoms with Gasteiger partial charge < -0.3 is 19.7 Å². The topological polar surface area (TPSA) is 105 Å². The number of nitrogens with one attached hydrogen (secondary N) is 1. The number of benzene rings is 1. The Hall–Kier alpha value is -2.33. The molecule has 2 amide bonds. The molecular formula is C23H35N3O6S. The Kier molecular flexibility index (Phi) is 7.89. The number of carbonyl (C=O) groups is 2. The predicted octanol–water partition coefficient (Wildman–Crippen LogP) is 2.61. The summed E-state index contributed by atoms with van der Waals surface area (Å²) in [5.41, 5.74) is -0.541. The van der Waals surface area contributed by atoms with Crippen molar-refractivity contribution in [2.24, 2.45) is 5.92 Å². The van der Waals surface area contributed by atoms with E-state index in [9.17, 15) is 18.0 Å². The molecule has 1 atom stereocenters. The lowest BCUT2D eigenvalue weighted by atomic mass is 9.97. The highest BCUT2D eigenvalue weighted by molar-refractivity contribution is 7.89. The molecule has 2 heterocycles. The summed E-state index contributed by atoms with van der Waals surface area (Å²) in [6.45, 7) is 7.09. The number of sulfonamides is 1. The van der Waals surface area contributed by atoms with Gasteiger partial charge in [0.1, 0.15) is 11.4 Å². The van der Waals surface area contributed by atoms with Crippen LogP contribution in [0.4, 0.5) is 4.79 Å². The van der Waals surface area contributed by atoms with E-state index in [0.717, 1.165) is 0 Å². The van der Waals surface area contributed by atoms with Crippen molar-refractivity contribution in [2.45, 2.75) is 63.0 Å². The van der Waals surface area contributed by atoms with E-state index >= 15 is 0 Å². The molecule has 0 aliphatic carbocycles. The predicted molar refractivity (Wildman–Crippen MR) is 123 cm³/mol. The number of hydrogen-bond acceptors (Lipinski definition) is 6. The number of carbonyl (C=O) groups excluding carboxylic acids is 2. The molecule has 1 aromatic carbocycles. The second-order valence-electron chi connectivity index (χ2n) is 9.63. The zero-order valence-electron chi connectivity index (χ0n) is 19.9. The maximum atomic E-state index is 13.0. The minimum Gasteiger partial charge on any atom is -0.497 e. The lowest BCUT2D eigenvalue weighted by molar-refractivity contribution is -0.127. The number of hydrogen-bond donors (Lipinski definition) is 1. The number of methoxy groups -OCH3 is 1. The van der Waals surface area contributed by atoms with Gasteiger partial charge in [-0.3, -0.25) is 4.79 Å². The van der Waals surface area contributed by atoms with Crippen molar-refractivity contribution in [1.82, 2.24) is 14.5 Å². The number of likely N-dealkylation sites (tertiary alicyclic amines) is 1. The average molecular weight is 482 g/mol. The van der Waals surface area contributed by atoms with Crippen LogP contribution in [0.15, 0.2) is 29.2 Å². The molecule has 3 rings (SSSR count). The number of nitrogens with zero attached hydrogens (tertiary/aromatic N) is 2. The van der Waals surface area contributed by atoms with Crippen molar-refractivity contribution in [1.29, 1.82) is 0 Å². The highest BCUT2D eigenvalue weighted by atomic mass is 32.2. The Bertz CT molecular complexity index is 934. The molecule has 2 aliphatic heterocycles. The van der Waals surface area contributed by atoms with E-state index in [2.05, 4.69) is 5.32 Å². The first-order valence-corrected chi connectivity index (χ1v) is 12.9. The number of amides is 2. The fourth-order valence-electron chi connectivity index (χ4n) is 4.12. The van der Waals surface area contributed by atoms with Crippen LogP contribution in [-0.4, -0.2) is 74.6 Å². The zero-order valence-corrected chi connectivity index (χ0v) is 20.7. The maximum Gasteiger partial charge on any atom is 0.410 e. The molecular weight excluding hydrogens is 446 g/mol. The van der Waals surface area contributed by atoms with Crippen LogP contribution in [0.2, 0.25) is 0 Å². The summed E-state index contributed by atoms with van der Waals surface area (Å²) in [4.78, 5) is 27.0. The lowest BCUT2D eigenvalue weighted by Crippen LogP contribution is -2.51. The number of piperidine rings is 2. The van der Waals surface area contributed by atoms with Crippen LogP contribution in [0.5, 0.6) is 5.75 Å². The van der Waals surface area contributed by atoms with Gasteiger partial charge in [0, 0.05) is 32.2 Å². The molecule has 0 bridgehead atoms. The van der Waals surface area contributed by atoms with Gasteiger partial charge in [0.15, 0.2) is 0 Å². The van der Waals surface area contributed by atoms with E-state index in [-0.39, 0.29) is 29.5 Å². The van der Waals surface area contributed by atoms with Crippen molar-refractivity contribution in [3.8, 4) is 5.75 Å². The molecule has 0 radical (unpaired) electrons. The van der Waals surface area contributed by atoms with Gasteiger partial charge in [-0.05, 0) is 70.7 Å². The minimum atomic E-state index is -3.68. The van der Waals surface area contributed by atoms with Gasteiger partial charge in [-0.25, -0.2) is 13.2 Å². The molecule has 184 valence electrons. The zero-order chi connectivity index (χ0) is 24.2. The normalized spacial score (nSPS) is 20.8. The summed E-state index contributed by atoms with van der Waals surface area (Å²) in [5, 5.41) is 3.07. The quantitative estimate of drug-likeness (QED) is 0.693. The molecule has 33 heavy (non-hydrogen) atoms. The summed E-state index contributed by atoms with van der Waals surface area (Å²) >= 11 is 0. The van der Waals surface area contributed by atoms with Gasteiger partial charge in [0.2, 0.25) is 15.9 Å². The van der Waals surface area contributed by atoms with E-state index < -0.39 is 21.5 Å². The van der Waals surface area contributed by atoms with Gasteiger partial charge in [0.05, 0.1) is 17.9 Å². The van der Waals surface area contributed by atoms with Crippen LogP contribution >= 0.6 is 0 Å². The standard InChI is InChI=1S/C23H35N3O6S/c1-23(2,3)32-22(28)25-14-11-18(12-15-25)24-21(27)17-6-5-13-26(16-17)33(29,30)20-9-7-19(31-4)8-10-20/h7-10,17-18H,5-6,11-16H2,1-4H3,(H,24,27). The Morgan fingerprint density at radius 3 is 2.24 bits per heavy atom. The van der Waals surface area contributed by atoms with Gasteiger partial charge in [0.25, 0.3) is 0 Å². The summed E-state index contributed by atoms with van der Waals surface area (Å²) in [7, 11) is -2.15. The Morgan fingerprint density at radius 1 is 1.03 bits per heavy atom. The van der Waals surface area contributed by atoms with Crippen LogP contribution in [0, 0.1) is 5.92 Å². The van der Waals surface area contributed by atoms with Crippen LogP contribution < -0.4 is 10.1 Å². The monoisotopic (exact) mass is 481 g/mol. The number of rotatable bonds is 5. The molecule has 9 nitrogen and oxygen atoms in total. The maximum absolute atomic E-state index is 13.0. The Balaban J connectivity index is 1.53. The van der Waals surface area contributed by atoms with Crippen molar-refractivity contribution in [3.63, 3.8) is 0 Å². The van der Waals surface area contributed by atoms with E-state index in [4.69, 9.17) is 9.47 Å². The third-order valence-electron chi connectivity index (χ3n) is 5.95. The molecule has 1 unspecified atom stereocenters. The second-order valence-corrected chi connectivity index (χ2v) is 11.6. The van der Waals surface area contributed by atoms with Gasteiger partial charge >= 0.3 is 6.09 Å². The first kappa shape index (κ1) is 25.3. The molecule has 2 aliphatic rings. The molecule has 2 saturated heterocycles. The Morgan fingerprint density at radius 2 is 1.67 bits per heavy atom. The molecule has 2 fully saturated rings. The lowest BCUT2D eigenvalue weighted by Gasteiger charge is -2.35. The summed E-state index contributed by atoms with van der Waals surface area (Å²) in [6.07, 6.45) is 2.23. The SMILES string of the molecule is COc1ccc(S(=O)(=O)N2CCCC(C(=O)NC3CCN(C(=O)OC(C)(C)C)CC3)C2)cc1. The van der Waals surface area contributed by atoms with E-state index in [0.29, 0.717) is 51.1 Å². The van der Waals surface area contributed by atoms with Crippen molar-refractivity contribution < 1.29 is 27.5 Å². The largest absolute Gasteiger partial charge is 0.497 e. The highest BCUT2D eigenvalue weighted by Crippen LogP contribution is 2.26. The van der Waals surface area contributed by atoms with Gasteiger partial charge in [-0.15, -0.1) is 0 Å². The number of ether oxygens (including phenoxy) is 2. The molecule has 1 aromatic rings. The molecule has 1 N–H and O–H groups in total. The molecule has 0 aromatic heterocycles. The highest BCUT2D eigenvalue weighted by Gasteiger charge is 2.35. The van der Waals surface area contributed by atoms with Crippen LogP contribution in [-0.2, 0) is 19.6 Å². The fourth-order valence-corrected chi connectivity index (χ4v) is 5.65. The van der Waals surface area contributed by atoms with Gasteiger partial charge in [-0.1, -0.05) is 0 Å². The van der Waals surface area contributed by atoms with Gasteiger partial charge in [-0.2, -0.15) is 4.31 Å². The van der Waals surface area contributed by atoms with E-state index in [1.807, 2.05) is 20.8 Å². The van der Waals surface area contributed by atoms with Crippen molar-refractivity contribution in [3.05, 3.63) is 24.3 Å². The van der Waals surface area contributed by atoms with Crippen LogP contribution in [0.25, 0.3) is 0 Å². The summed E-state index contributed by atoms with van der Waals surface area (Å²) < 4.78 is 38.0. The molecule has 10 heteroatoms. The third kappa shape index (κ3) is 6.60. The third-order valence-corrected chi connectivity index (χ3v) is 7.82. The second kappa shape index (κ2) is 10.3.